The summed E-state index contributed by atoms with van der Waals surface area (Å²) in [5.74, 6) is -1.16. The molecule has 0 radical (unpaired) electrons. The highest BCUT2D eigenvalue weighted by atomic mass is 19.4. The van der Waals surface area contributed by atoms with Gasteiger partial charge in [-0.1, -0.05) is 6.42 Å². The lowest BCUT2D eigenvalue weighted by Gasteiger charge is -2.34. The largest absolute Gasteiger partial charge is 0.396 e. The van der Waals surface area contributed by atoms with Crippen molar-refractivity contribution in [2.75, 3.05) is 26.4 Å². The zero-order valence-corrected chi connectivity index (χ0v) is 11.7. The first kappa shape index (κ1) is 16.0. The van der Waals surface area contributed by atoms with Crippen molar-refractivity contribution in [1.82, 2.24) is 5.32 Å². The number of rotatable bonds is 5. The minimum atomic E-state index is -4.07. The molecule has 0 amide bonds. The van der Waals surface area contributed by atoms with Crippen molar-refractivity contribution < 1.29 is 23.0 Å². The standard InChI is InChI=1S/C14H24F3NO2/c15-14(16,17)11-2-1-3-12(8-11)18-9-13(4-6-19)5-7-20-10-13/h11-12,18-19H,1-10H2/t11-,12+,13+/m0/s1. The first-order chi connectivity index (χ1) is 9.45. The third kappa shape index (κ3) is 4.09. The van der Waals surface area contributed by atoms with Crippen LogP contribution >= 0.6 is 0 Å². The van der Waals surface area contributed by atoms with Crippen LogP contribution in [0.2, 0.25) is 0 Å². The topological polar surface area (TPSA) is 41.5 Å². The Kier molecular flexibility index (Phi) is 5.31. The van der Waals surface area contributed by atoms with Crippen molar-refractivity contribution in [2.24, 2.45) is 11.3 Å². The van der Waals surface area contributed by atoms with Crippen molar-refractivity contribution in [3.8, 4) is 0 Å². The van der Waals surface area contributed by atoms with E-state index in [4.69, 9.17) is 9.84 Å². The Morgan fingerprint density at radius 3 is 2.70 bits per heavy atom. The number of aliphatic hydroxyl groups is 1. The van der Waals surface area contributed by atoms with Crippen LogP contribution in [0.15, 0.2) is 0 Å². The predicted molar refractivity (Wildman–Crippen MR) is 69.4 cm³/mol. The Morgan fingerprint density at radius 1 is 1.30 bits per heavy atom. The van der Waals surface area contributed by atoms with E-state index in [1.807, 2.05) is 0 Å². The predicted octanol–water partition coefficient (Wildman–Crippen LogP) is 2.49. The Hall–Kier alpha value is -0.330. The molecule has 0 aromatic heterocycles. The quantitative estimate of drug-likeness (QED) is 0.819. The molecule has 20 heavy (non-hydrogen) atoms. The van der Waals surface area contributed by atoms with Gasteiger partial charge in [0.1, 0.15) is 0 Å². The molecule has 0 bridgehead atoms. The van der Waals surface area contributed by atoms with Gasteiger partial charge in [0.2, 0.25) is 0 Å². The Balaban J connectivity index is 1.83. The fourth-order valence-electron chi connectivity index (χ4n) is 3.34. The van der Waals surface area contributed by atoms with Crippen molar-refractivity contribution in [2.45, 2.75) is 50.7 Å². The molecule has 0 spiro atoms. The maximum absolute atomic E-state index is 12.8. The van der Waals surface area contributed by atoms with Gasteiger partial charge in [0.05, 0.1) is 12.5 Å². The Bertz CT molecular complexity index is 303. The van der Waals surface area contributed by atoms with Gasteiger partial charge in [-0.2, -0.15) is 13.2 Å². The molecule has 1 aliphatic heterocycles. The van der Waals surface area contributed by atoms with Gasteiger partial charge < -0.3 is 15.2 Å². The first-order valence-electron chi connectivity index (χ1n) is 7.44. The number of ether oxygens (including phenoxy) is 1. The molecule has 3 atom stereocenters. The second kappa shape index (κ2) is 6.62. The van der Waals surface area contributed by atoms with E-state index < -0.39 is 12.1 Å². The maximum atomic E-state index is 12.8. The van der Waals surface area contributed by atoms with Crippen molar-refractivity contribution >= 4 is 0 Å². The van der Waals surface area contributed by atoms with E-state index >= 15 is 0 Å². The summed E-state index contributed by atoms with van der Waals surface area (Å²) in [5, 5.41) is 12.4. The average Bonchev–Trinajstić information content (AvgIpc) is 2.85. The van der Waals surface area contributed by atoms with Crippen LogP contribution in [0, 0.1) is 11.3 Å². The van der Waals surface area contributed by atoms with E-state index in [1.54, 1.807) is 0 Å². The van der Waals surface area contributed by atoms with Gasteiger partial charge in [-0.15, -0.1) is 0 Å². The number of hydrogen-bond acceptors (Lipinski definition) is 3. The molecule has 6 heteroatoms. The summed E-state index contributed by atoms with van der Waals surface area (Å²) in [6.45, 7) is 2.01. The molecule has 1 saturated heterocycles. The molecule has 1 heterocycles. The van der Waals surface area contributed by atoms with E-state index in [2.05, 4.69) is 5.32 Å². The minimum Gasteiger partial charge on any atom is -0.396 e. The van der Waals surface area contributed by atoms with Crippen LogP contribution in [-0.2, 0) is 4.74 Å². The van der Waals surface area contributed by atoms with Crippen molar-refractivity contribution in [3.63, 3.8) is 0 Å². The fraction of sp³-hybridized carbons (Fsp3) is 1.00. The number of hydrogen-bond donors (Lipinski definition) is 2. The molecule has 1 aliphatic carbocycles. The van der Waals surface area contributed by atoms with Gasteiger partial charge in [-0.25, -0.2) is 0 Å². The number of nitrogens with one attached hydrogen (secondary N) is 1. The molecule has 3 nitrogen and oxygen atoms in total. The van der Waals surface area contributed by atoms with Crippen LogP contribution in [0.5, 0.6) is 0 Å². The van der Waals surface area contributed by atoms with Gasteiger partial charge >= 0.3 is 6.18 Å². The van der Waals surface area contributed by atoms with Crippen LogP contribution in [-0.4, -0.2) is 43.7 Å². The summed E-state index contributed by atoms with van der Waals surface area (Å²) in [6.07, 6.45) is -0.675. The molecular weight excluding hydrogens is 271 g/mol. The SMILES string of the molecule is OCC[C@]1(CN[C@@H]2CCC[C@H](C(F)(F)F)C2)CCOC1. The molecule has 1 saturated carbocycles. The lowest BCUT2D eigenvalue weighted by Crippen LogP contribution is -2.44. The lowest BCUT2D eigenvalue weighted by molar-refractivity contribution is -0.183. The normalized spacial score (nSPS) is 35.4. The number of halogens is 3. The van der Waals surface area contributed by atoms with Gasteiger partial charge in [0.25, 0.3) is 0 Å². The maximum Gasteiger partial charge on any atom is 0.391 e. The summed E-state index contributed by atoms with van der Waals surface area (Å²) in [6, 6.07) is -0.0634. The lowest BCUT2D eigenvalue weighted by atomic mass is 9.81. The Morgan fingerprint density at radius 2 is 2.10 bits per heavy atom. The monoisotopic (exact) mass is 295 g/mol. The van der Waals surface area contributed by atoms with E-state index in [0.717, 1.165) is 12.8 Å². The second-order valence-electron chi connectivity index (χ2n) is 6.26. The molecule has 2 rings (SSSR count). The minimum absolute atomic E-state index is 0.0634. The highest BCUT2D eigenvalue weighted by Gasteiger charge is 2.42. The van der Waals surface area contributed by atoms with E-state index in [-0.39, 0.29) is 30.9 Å². The third-order valence-electron chi connectivity index (χ3n) is 4.73. The second-order valence-corrected chi connectivity index (χ2v) is 6.26. The van der Waals surface area contributed by atoms with Gasteiger partial charge in [-0.3, -0.25) is 0 Å². The van der Waals surface area contributed by atoms with Crippen molar-refractivity contribution in [1.29, 1.82) is 0 Å². The molecule has 2 fully saturated rings. The molecule has 0 unspecified atom stereocenters. The third-order valence-corrected chi connectivity index (χ3v) is 4.73. The summed E-state index contributed by atoms with van der Waals surface area (Å²) < 4.78 is 43.7. The van der Waals surface area contributed by atoms with Crippen molar-refractivity contribution in [3.05, 3.63) is 0 Å². The zero-order valence-electron chi connectivity index (χ0n) is 11.7. The summed E-state index contributed by atoms with van der Waals surface area (Å²) in [4.78, 5) is 0. The molecule has 2 aliphatic rings. The van der Waals surface area contributed by atoms with E-state index in [0.29, 0.717) is 32.6 Å². The molecule has 0 aromatic rings. The van der Waals surface area contributed by atoms with Gasteiger partial charge in [0.15, 0.2) is 0 Å². The first-order valence-corrected chi connectivity index (χ1v) is 7.44. The molecule has 2 N–H and O–H groups in total. The highest BCUT2D eigenvalue weighted by molar-refractivity contribution is 4.88. The molecular formula is C14H24F3NO2. The fourth-order valence-corrected chi connectivity index (χ4v) is 3.34. The smallest absolute Gasteiger partial charge is 0.391 e. The van der Waals surface area contributed by atoms with Crippen LogP contribution in [0.1, 0.15) is 38.5 Å². The van der Waals surface area contributed by atoms with Gasteiger partial charge in [-0.05, 0) is 32.1 Å². The average molecular weight is 295 g/mol. The van der Waals surface area contributed by atoms with Crippen LogP contribution in [0.4, 0.5) is 13.2 Å². The summed E-state index contributed by atoms with van der Waals surface area (Å²) in [5.41, 5.74) is -0.0973. The van der Waals surface area contributed by atoms with Crippen LogP contribution in [0.3, 0.4) is 0 Å². The Labute approximate surface area is 117 Å². The number of alkyl halides is 3. The zero-order chi connectivity index (χ0) is 14.6. The van der Waals surface area contributed by atoms with E-state index in [9.17, 15) is 13.2 Å². The van der Waals surface area contributed by atoms with Gasteiger partial charge in [0, 0.05) is 31.2 Å². The number of aliphatic hydroxyl groups excluding tert-OH is 1. The van der Waals surface area contributed by atoms with Crippen LogP contribution in [0.25, 0.3) is 0 Å². The summed E-state index contributed by atoms with van der Waals surface area (Å²) in [7, 11) is 0. The molecule has 118 valence electrons. The van der Waals surface area contributed by atoms with E-state index in [1.165, 1.54) is 0 Å². The summed E-state index contributed by atoms with van der Waals surface area (Å²) >= 11 is 0. The van der Waals surface area contributed by atoms with Crippen LogP contribution < -0.4 is 5.32 Å². The highest BCUT2D eigenvalue weighted by Crippen LogP contribution is 2.38. The molecule has 0 aromatic carbocycles.